The second-order valence-corrected chi connectivity index (χ2v) is 5.37. The number of fused-ring (bicyclic) bond motifs is 1. The van der Waals surface area contributed by atoms with Gasteiger partial charge in [-0.3, -0.25) is 4.98 Å². The predicted octanol–water partition coefficient (Wildman–Crippen LogP) is 4.97. The van der Waals surface area contributed by atoms with Crippen LogP contribution in [0.15, 0.2) is 60.8 Å². The van der Waals surface area contributed by atoms with Crippen LogP contribution in [-0.4, -0.2) is 4.98 Å². The van der Waals surface area contributed by atoms with Gasteiger partial charge in [0.15, 0.2) is 0 Å². The van der Waals surface area contributed by atoms with Crippen molar-refractivity contribution in [3.8, 4) is 0 Å². The summed E-state index contributed by atoms with van der Waals surface area (Å²) in [4.78, 5) is 4.35. The van der Waals surface area contributed by atoms with Gasteiger partial charge in [-0.15, -0.1) is 0 Å². The van der Waals surface area contributed by atoms with Gasteiger partial charge in [-0.05, 0) is 48.7 Å². The number of aryl methyl sites for hydroxylation is 1. The van der Waals surface area contributed by atoms with E-state index in [0.29, 0.717) is 0 Å². The van der Waals surface area contributed by atoms with Gasteiger partial charge in [0.2, 0.25) is 0 Å². The highest BCUT2D eigenvalue weighted by atomic mass is 14.9. The molecule has 3 rings (SSSR count). The van der Waals surface area contributed by atoms with Crippen molar-refractivity contribution in [3.63, 3.8) is 0 Å². The minimum atomic E-state index is 0.282. The van der Waals surface area contributed by atoms with Crippen molar-refractivity contribution in [2.75, 3.05) is 5.32 Å². The number of aromatic nitrogens is 1. The van der Waals surface area contributed by atoms with Gasteiger partial charge in [-0.25, -0.2) is 0 Å². The minimum Gasteiger partial charge on any atom is -0.379 e. The Kier molecular flexibility index (Phi) is 3.87. The highest BCUT2D eigenvalue weighted by molar-refractivity contribution is 5.82. The summed E-state index contributed by atoms with van der Waals surface area (Å²) in [6.07, 6.45) is 2.91. The zero-order valence-corrected chi connectivity index (χ0v) is 12.5. The molecule has 0 saturated heterocycles. The lowest BCUT2D eigenvalue weighted by Crippen LogP contribution is -2.06. The molecule has 1 atom stereocenters. The Morgan fingerprint density at radius 3 is 2.62 bits per heavy atom. The summed E-state index contributed by atoms with van der Waals surface area (Å²) in [5.74, 6) is 0. The summed E-state index contributed by atoms with van der Waals surface area (Å²) in [5.41, 5.74) is 4.84. The van der Waals surface area contributed by atoms with Gasteiger partial charge in [0.1, 0.15) is 0 Å². The molecule has 1 aromatic heterocycles. The Morgan fingerprint density at radius 2 is 1.86 bits per heavy atom. The van der Waals surface area contributed by atoms with E-state index < -0.39 is 0 Å². The van der Waals surface area contributed by atoms with Crippen molar-refractivity contribution in [3.05, 3.63) is 71.9 Å². The van der Waals surface area contributed by atoms with Crippen LogP contribution < -0.4 is 5.32 Å². The number of hydrogen-bond donors (Lipinski definition) is 1. The molecule has 1 N–H and O–H groups in total. The lowest BCUT2D eigenvalue weighted by Gasteiger charge is -2.16. The molecule has 0 saturated carbocycles. The summed E-state index contributed by atoms with van der Waals surface area (Å²) in [5, 5.41) is 4.72. The molecule has 21 heavy (non-hydrogen) atoms. The molecule has 0 amide bonds. The molecule has 0 radical (unpaired) electrons. The zero-order valence-electron chi connectivity index (χ0n) is 12.5. The number of pyridine rings is 1. The van der Waals surface area contributed by atoms with E-state index in [1.807, 2.05) is 12.3 Å². The Balaban J connectivity index is 1.79. The molecule has 2 nitrogen and oxygen atoms in total. The maximum Gasteiger partial charge on any atom is 0.0703 e. The third-order valence-electron chi connectivity index (χ3n) is 3.87. The molecule has 1 heterocycles. The van der Waals surface area contributed by atoms with Gasteiger partial charge < -0.3 is 5.32 Å². The molecule has 1 unspecified atom stereocenters. The topological polar surface area (TPSA) is 24.9 Å². The molecule has 2 aromatic carbocycles. The van der Waals surface area contributed by atoms with Crippen LogP contribution in [0, 0.1) is 0 Å². The fraction of sp³-hybridized carbons (Fsp3) is 0.211. The first-order valence-corrected chi connectivity index (χ1v) is 7.46. The number of nitrogens with one attached hydrogen (secondary N) is 1. The number of nitrogens with zero attached hydrogens (tertiary/aromatic N) is 1. The van der Waals surface area contributed by atoms with Crippen LogP contribution >= 0.6 is 0 Å². The summed E-state index contributed by atoms with van der Waals surface area (Å²) in [6, 6.07) is 19.5. The molecule has 0 aliphatic rings. The first-order chi connectivity index (χ1) is 10.3. The summed E-state index contributed by atoms with van der Waals surface area (Å²) < 4.78 is 0. The van der Waals surface area contributed by atoms with Gasteiger partial charge >= 0.3 is 0 Å². The Morgan fingerprint density at radius 1 is 1.05 bits per heavy atom. The van der Waals surface area contributed by atoms with E-state index in [0.717, 1.165) is 23.0 Å². The third-order valence-corrected chi connectivity index (χ3v) is 3.87. The average molecular weight is 276 g/mol. The Bertz CT molecular complexity index is 732. The predicted molar refractivity (Wildman–Crippen MR) is 89.6 cm³/mol. The third kappa shape index (κ3) is 3.05. The molecular weight excluding hydrogens is 256 g/mol. The molecule has 0 bridgehead atoms. The molecule has 3 aromatic rings. The monoisotopic (exact) mass is 276 g/mol. The van der Waals surface area contributed by atoms with Crippen LogP contribution in [-0.2, 0) is 6.42 Å². The second kappa shape index (κ2) is 5.96. The van der Waals surface area contributed by atoms with Crippen molar-refractivity contribution in [2.24, 2.45) is 0 Å². The van der Waals surface area contributed by atoms with Crippen molar-refractivity contribution in [1.29, 1.82) is 0 Å². The van der Waals surface area contributed by atoms with Crippen LogP contribution in [0.3, 0.4) is 0 Å². The average Bonchev–Trinajstić information content (AvgIpc) is 2.55. The lowest BCUT2D eigenvalue weighted by atomic mass is 10.0. The van der Waals surface area contributed by atoms with E-state index in [2.05, 4.69) is 72.7 Å². The van der Waals surface area contributed by atoms with E-state index >= 15 is 0 Å². The van der Waals surface area contributed by atoms with E-state index in [1.54, 1.807) is 0 Å². The first kappa shape index (κ1) is 13.6. The van der Waals surface area contributed by atoms with Gasteiger partial charge in [0.25, 0.3) is 0 Å². The second-order valence-electron chi connectivity index (χ2n) is 5.37. The quantitative estimate of drug-likeness (QED) is 0.727. The zero-order chi connectivity index (χ0) is 14.7. The van der Waals surface area contributed by atoms with Crippen LogP contribution in [0.4, 0.5) is 5.69 Å². The molecule has 2 heteroatoms. The standard InChI is InChI=1S/C19H20N2/c1-3-15-6-8-16(9-7-15)14(2)21-18-10-11-19-17(13-18)5-4-12-20-19/h4-14,21H,3H2,1-2H3. The molecule has 106 valence electrons. The molecule has 0 fully saturated rings. The highest BCUT2D eigenvalue weighted by Gasteiger charge is 2.05. The lowest BCUT2D eigenvalue weighted by molar-refractivity contribution is 0.883. The first-order valence-electron chi connectivity index (χ1n) is 7.46. The maximum atomic E-state index is 4.35. The van der Waals surface area contributed by atoms with Crippen molar-refractivity contribution in [2.45, 2.75) is 26.3 Å². The Hall–Kier alpha value is -2.35. The van der Waals surface area contributed by atoms with Crippen LogP contribution in [0.5, 0.6) is 0 Å². The fourth-order valence-corrected chi connectivity index (χ4v) is 2.54. The smallest absolute Gasteiger partial charge is 0.0703 e. The van der Waals surface area contributed by atoms with Gasteiger partial charge in [-0.1, -0.05) is 37.3 Å². The number of rotatable bonds is 4. The van der Waals surface area contributed by atoms with Crippen molar-refractivity contribution in [1.82, 2.24) is 4.98 Å². The van der Waals surface area contributed by atoms with E-state index in [1.165, 1.54) is 11.1 Å². The van der Waals surface area contributed by atoms with Gasteiger partial charge in [-0.2, -0.15) is 0 Å². The van der Waals surface area contributed by atoms with Crippen LogP contribution in [0.25, 0.3) is 10.9 Å². The van der Waals surface area contributed by atoms with Crippen molar-refractivity contribution < 1.29 is 0 Å². The maximum absolute atomic E-state index is 4.35. The summed E-state index contributed by atoms with van der Waals surface area (Å²) in [7, 11) is 0. The molecule has 0 aliphatic heterocycles. The van der Waals surface area contributed by atoms with Crippen molar-refractivity contribution >= 4 is 16.6 Å². The number of hydrogen-bond acceptors (Lipinski definition) is 2. The molecular formula is C19H20N2. The molecule has 0 spiro atoms. The van der Waals surface area contributed by atoms with Gasteiger partial charge in [0, 0.05) is 23.3 Å². The molecule has 0 aliphatic carbocycles. The fourth-order valence-electron chi connectivity index (χ4n) is 2.54. The van der Waals surface area contributed by atoms with Crippen LogP contribution in [0.2, 0.25) is 0 Å². The number of anilines is 1. The van der Waals surface area contributed by atoms with E-state index in [-0.39, 0.29) is 6.04 Å². The highest BCUT2D eigenvalue weighted by Crippen LogP contribution is 2.22. The number of benzene rings is 2. The van der Waals surface area contributed by atoms with E-state index in [9.17, 15) is 0 Å². The van der Waals surface area contributed by atoms with Gasteiger partial charge in [0.05, 0.1) is 5.52 Å². The minimum absolute atomic E-state index is 0.282. The largest absolute Gasteiger partial charge is 0.379 e. The normalized spacial score (nSPS) is 12.3. The van der Waals surface area contributed by atoms with E-state index in [4.69, 9.17) is 0 Å². The summed E-state index contributed by atoms with van der Waals surface area (Å²) in [6.45, 7) is 4.37. The summed E-state index contributed by atoms with van der Waals surface area (Å²) >= 11 is 0. The Labute approximate surface area is 125 Å². The van der Waals surface area contributed by atoms with Crippen LogP contribution in [0.1, 0.15) is 31.0 Å². The SMILES string of the molecule is CCc1ccc(C(C)Nc2ccc3ncccc3c2)cc1.